The van der Waals surface area contributed by atoms with E-state index in [1.165, 1.54) is 4.90 Å². The van der Waals surface area contributed by atoms with Crippen molar-refractivity contribution < 1.29 is 128 Å². The third-order valence-corrected chi connectivity index (χ3v) is 13.9. The van der Waals surface area contributed by atoms with Crippen molar-refractivity contribution in [3.8, 4) is 0 Å². The van der Waals surface area contributed by atoms with E-state index in [9.17, 15) is 47.9 Å². The van der Waals surface area contributed by atoms with Crippen molar-refractivity contribution in [3.05, 3.63) is 0 Å². The molecule has 19 atom stereocenters. The number of hydrogen-bond acceptors (Lipinski definition) is 27. The van der Waals surface area contributed by atoms with Crippen LogP contribution in [0, 0.1) is 0 Å². The Morgan fingerprint density at radius 1 is 0.394 bits per heavy atom. The number of nitrogens with zero attached hydrogens (tertiary/aromatic N) is 1. The zero-order chi connectivity index (χ0) is 70.7. The number of ether oxygens (including phenoxy) is 17. The lowest BCUT2D eigenvalue weighted by atomic mass is 9.89. The highest BCUT2D eigenvalue weighted by Gasteiger charge is 2.68. The second kappa shape index (κ2) is 29.7. The highest BCUT2D eigenvalue weighted by Crippen LogP contribution is 2.48. The van der Waals surface area contributed by atoms with Gasteiger partial charge in [-0.1, -0.05) is 0 Å². The van der Waals surface area contributed by atoms with E-state index < -0.39 is 223 Å². The lowest BCUT2D eigenvalue weighted by molar-refractivity contribution is -0.302. The topological polar surface area (TPSA) is 394 Å². The van der Waals surface area contributed by atoms with E-state index in [4.69, 9.17) is 80.5 Å². The predicted octanol–water partition coefficient (Wildman–Crippen LogP) is 4.56. The van der Waals surface area contributed by atoms with E-state index in [1.54, 1.807) is 125 Å². The first-order valence-corrected chi connectivity index (χ1v) is 31.2. The molecule has 5 saturated heterocycles. The number of esters is 4. The van der Waals surface area contributed by atoms with Crippen LogP contribution in [0.3, 0.4) is 0 Å². The molecule has 6 rings (SSSR count). The molecule has 0 bridgehead atoms. The maximum Gasteiger partial charge on any atom is 0.411 e. The van der Waals surface area contributed by atoms with Crippen molar-refractivity contribution >= 4 is 60.4 Å². The summed E-state index contributed by atoms with van der Waals surface area (Å²) in [5.74, 6) is -3.58. The minimum atomic E-state index is -1.93. The molecule has 94 heavy (non-hydrogen) atoms. The number of hydrogen-bond donors (Lipinski definition) is 5. The Bertz CT molecular complexity index is 2750. The summed E-state index contributed by atoms with van der Waals surface area (Å²) in [7, 11) is 0. The molecule has 1 aliphatic carbocycles. The van der Waals surface area contributed by atoms with Gasteiger partial charge in [-0.15, -0.1) is 0 Å². The molecular formula is C61H98N6O27. The number of fused-ring (bicyclic) bond motifs is 2. The van der Waals surface area contributed by atoms with E-state index in [0.717, 1.165) is 27.7 Å². The van der Waals surface area contributed by atoms with Crippen LogP contribution in [-0.2, 0) is 99.7 Å². The molecule has 0 spiro atoms. The van der Waals surface area contributed by atoms with E-state index in [2.05, 4.69) is 26.6 Å². The van der Waals surface area contributed by atoms with Crippen LogP contribution in [0.25, 0.3) is 0 Å². The first-order chi connectivity index (χ1) is 43.0. The number of rotatable bonds is 18. The van der Waals surface area contributed by atoms with Crippen LogP contribution in [0.2, 0.25) is 0 Å². The molecule has 6 amide bonds. The van der Waals surface area contributed by atoms with Gasteiger partial charge in [-0.25, -0.2) is 28.8 Å². The number of alkyl carbamates (subject to hydrolysis) is 5. The monoisotopic (exact) mass is 1350 g/mol. The number of likely N-dealkylation sites (tertiary alicyclic amines) is 1. The van der Waals surface area contributed by atoms with Crippen LogP contribution in [0.4, 0.5) is 28.8 Å². The standard InChI is InChI=1S/C61H98N6O27/c1-27(68)78-26-35-42(87-48-37(66-54(76)93-60(17,18)19)44-41(85-44)34(83-48)25-63-51(73)90-57(8,9)10)46(81-30(4)71)49(84-35)88-45-38-32(67(38)55(77)94-61(20,21)22)23-31(64-52(74)91-58(11,12)13)39(45)86-47-36(65-53(75)92-59(14,15)16)43(80-29(3)70)40(79-28(2)69)33(82-47)24-62-50(72)89-56(5,6)7/h31-49H,23-26H2,1-22H3,(H,62,72)(H,63,73)(H,64,74)(H,65,75)(H,66,76)/t31-,32+,33+,34-,35+,36+,37+,38+,39+,40+,41-,42+,43+,44+,45+,46+,47+,48+,49-,67?/m0/s1. The summed E-state index contributed by atoms with van der Waals surface area (Å²) in [6, 6.07) is -6.23. The number of amides is 6. The first kappa shape index (κ1) is 76.2. The zero-order valence-corrected chi connectivity index (χ0v) is 57.8. The summed E-state index contributed by atoms with van der Waals surface area (Å²) in [5, 5.41) is 13.5. The Kier molecular flexibility index (Phi) is 24.1. The van der Waals surface area contributed by atoms with Crippen LogP contribution in [0.15, 0.2) is 0 Å². The second-order valence-corrected chi connectivity index (χ2v) is 29.6. The molecule has 5 aliphatic heterocycles. The Balaban J connectivity index is 1.52. The zero-order valence-electron chi connectivity index (χ0n) is 57.8. The van der Waals surface area contributed by atoms with Crippen molar-refractivity contribution in [2.45, 2.75) is 309 Å². The summed E-state index contributed by atoms with van der Waals surface area (Å²) < 4.78 is 104. The molecule has 0 aromatic heterocycles. The molecule has 33 heteroatoms. The van der Waals surface area contributed by atoms with Crippen molar-refractivity contribution in [1.29, 1.82) is 0 Å². The minimum Gasteiger partial charge on any atom is -0.463 e. The van der Waals surface area contributed by atoms with Gasteiger partial charge in [0.25, 0.3) is 0 Å². The molecule has 0 aromatic rings. The quantitative estimate of drug-likeness (QED) is 0.0713. The van der Waals surface area contributed by atoms with Gasteiger partial charge >= 0.3 is 60.4 Å². The molecule has 5 heterocycles. The van der Waals surface area contributed by atoms with Gasteiger partial charge in [-0.05, 0) is 131 Å². The summed E-state index contributed by atoms with van der Waals surface area (Å²) in [4.78, 5) is 136. The summed E-state index contributed by atoms with van der Waals surface area (Å²) in [6.45, 7) is 32.2. The molecule has 0 aromatic carbocycles. The molecule has 1 saturated carbocycles. The SMILES string of the molecule is CC(=O)OC[C@H]1O[C@@H](O[C@H]2[C@H](O[C@H]3O[C@H](CNC(=O)OC(C)(C)C)[C@@H](OC(C)=O)[C@H](OC(C)=O)[C@H]3NC(=O)OC(C)(C)C)[C@@H](NC(=O)OC(C)(C)C)C[C@@H]3[C@H]2N3C(=O)OC(C)(C)C)[C@H](OC(C)=O)[C@@H]1O[C@H]1O[C@@H](CNC(=O)OC(C)(C)C)[C@@H]2O[C@@H]2[C@H]1NC(=O)OC(C)(C)C. The van der Waals surface area contributed by atoms with Gasteiger partial charge < -0.3 is 107 Å². The van der Waals surface area contributed by atoms with Crippen LogP contribution in [0.1, 0.15) is 159 Å². The maximum absolute atomic E-state index is 14.5. The average molecular weight is 1350 g/mol. The van der Waals surface area contributed by atoms with Gasteiger partial charge in [-0.2, -0.15) is 0 Å². The predicted molar refractivity (Wildman–Crippen MR) is 321 cm³/mol. The Hall–Kier alpha value is -6.78. The minimum absolute atomic E-state index is 0.142. The molecule has 0 radical (unpaired) electrons. The molecule has 0 unspecified atom stereocenters. The van der Waals surface area contributed by atoms with Crippen molar-refractivity contribution in [3.63, 3.8) is 0 Å². The van der Waals surface area contributed by atoms with E-state index >= 15 is 0 Å². The average Bonchev–Trinajstić information content (AvgIpc) is 1.55. The van der Waals surface area contributed by atoms with Crippen molar-refractivity contribution in [2.75, 3.05) is 19.7 Å². The maximum atomic E-state index is 14.5. The number of nitrogens with one attached hydrogen (secondary N) is 5. The molecule has 5 N–H and O–H groups in total. The van der Waals surface area contributed by atoms with Gasteiger partial charge in [0, 0.05) is 34.2 Å². The number of carbonyl (C=O) groups is 10. The first-order valence-electron chi connectivity index (χ1n) is 31.2. The third-order valence-electron chi connectivity index (χ3n) is 13.9. The third kappa shape index (κ3) is 23.0. The fourth-order valence-electron chi connectivity index (χ4n) is 10.9. The summed E-state index contributed by atoms with van der Waals surface area (Å²) in [6.07, 6.45) is -26.6. The highest BCUT2D eigenvalue weighted by atomic mass is 16.8. The fraction of sp³-hybridized carbons (Fsp3) is 0.836. The Labute approximate surface area is 547 Å². The molecular weight excluding hydrogens is 1250 g/mol. The van der Waals surface area contributed by atoms with Gasteiger partial charge in [0.1, 0.15) is 101 Å². The van der Waals surface area contributed by atoms with Gasteiger partial charge in [0.2, 0.25) is 0 Å². The van der Waals surface area contributed by atoms with Crippen LogP contribution in [0.5, 0.6) is 0 Å². The lowest BCUT2D eigenvalue weighted by Gasteiger charge is -2.47. The van der Waals surface area contributed by atoms with Crippen molar-refractivity contribution in [1.82, 2.24) is 31.5 Å². The van der Waals surface area contributed by atoms with Crippen LogP contribution < -0.4 is 26.6 Å². The molecule has 6 aliphatic rings. The fourth-order valence-corrected chi connectivity index (χ4v) is 10.9. The number of epoxide rings is 1. The van der Waals surface area contributed by atoms with Crippen molar-refractivity contribution in [2.24, 2.45) is 0 Å². The number of carbonyl (C=O) groups excluding carboxylic acids is 10. The summed E-state index contributed by atoms with van der Waals surface area (Å²) in [5.41, 5.74) is -6.20. The van der Waals surface area contributed by atoms with E-state index in [0.29, 0.717) is 0 Å². The van der Waals surface area contributed by atoms with Gasteiger partial charge in [0.05, 0.1) is 24.7 Å². The largest absolute Gasteiger partial charge is 0.463 e. The highest BCUT2D eigenvalue weighted by molar-refractivity contribution is 5.74. The Morgan fingerprint density at radius 3 is 1.29 bits per heavy atom. The van der Waals surface area contributed by atoms with Gasteiger partial charge in [0.15, 0.2) is 37.2 Å². The van der Waals surface area contributed by atoms with Gasteiger partial charge in [-0.3, -0.25) is 24.1 Å². The smallest absolute Gasteiger partial charge is 0.411 e. The second-order valence-electron chi connectivity index (χ2n) is 29.6. The summed E-state index contributed by atoms with van der Waals surface area (Å²) >= 11 is 0. The lowest BCUT2D eigenvalue weighted by Crippen LogP contribution is -2.69. The normalized spacial score (nSPS) is 31.4. The van der Waals surface area contributed by atoms with E-state index in [1.807, 2.05) is 0 Å². The van der Waals surface area contributed by atoms with E-state index in [-0.39, 0.29) is 13.0 Å². The molecule has 33 nitrogen and oxygen atoms in total. The Morgan fingerprint density at radius 2 is 0.798 bits per heavy atom. The van der Waals surface area contributed by atoms with Crippen LogP contribution >= 0.6 is 0 Å². The molecule has 6 fully saturated rings. The van der Waals surface area contributed by atoms with Crippen LogP contribution in [-0.4, -0.2) is 235 Å². The molecule has 534 valence electrons.